The Labute approximate surface area is 250 Å². The van der Waals surface area contributed by atoms with Crippen LogP contribution in [0.2, 0.25) is 10.0 Å². The summed E-state index contributed by atoms with van der Waals surface area (Å²) in [4.78, 5) is 17.6. The van der Waals surface area contributed by atoms with E-state index in [2.05, 4.69) is 14.8 Å². The van der Waals surface area contributed by atoms with E-state index in [1.165, 1.54) is 0 Å². The topological polar surface area (TPSA) is 89.0 Å². The molecule has 0 atom stereocenters. The molecule has 1 amide bonds. The van der Waals surface area contributed by atoms with Crippen molar-refractivity contribution in [3.05, 3.63) is 99.4 Å². The Hall–Kier alpha value is -3.59. The molecule has 7 nitrogen and oxygen atoms in total. The first-order valence-corrected chi connectivity index (χ1v) is 16.1. The van der Waals surface area contributed by atoms with Gasteiger partial charge in [0, 0.05) is 45.9 Å². The summed E-state index contributed by atoms with van der Waals surface area (Å²) in [5, 5.41) is 6.43. The van der Waals surface area contributed by atoms with Gasteiger partial charge in [0.1, 0.15) is 11.4 Å². The van der Waals surface area contributed by atoms with E-state index in [0.717, 1.165) is 49.5 Å². The van der Waals surface area contributed by atoms with Crippen molar-refractivity contribution in [2.24, 2.45) is 7.05 Å². The number of rotatable bonds is 9. The number of nitrogens with zero attached hydrogens (tertiary/aromatic N) is 2. The molecule has 0 unspecified atom stereocenters. The van der Waals surface area contributed by atoms with Gasteiger partial charge in [-0.25, -0.2) is 0 Å². The van der Waals surface area contributed by atoms with Crippen LogP contribution >= 0.6 is 23.2 Å². The van der Waals surface area contributed by atoms with Crippen LogP contribution in [-0.2, 0) is 23.6 Å². The average Bonchev–Trinajstić information content (AvgIpc) is 3.53. The summed E-state index contributed by atoms with van der Waals surface area (Å²) in [5.41, 5.74) is 5.37. The predicted molar refractivity (Wildman–Crippen MR) is 168 cm³/mol. The van der Waals surface area contributed by atoms with Crippen LogP contribution in [0.5, 0.6) is 5.75 Å². The van der Waals surface area contributed by atoms with Gasteiger partial charge in [-0.05, 0) is 83.8 Å². The van der Waals surface area contributed by atoms with E-state index in [1.54, 1.807) is 41.4 Å². The van der Waals surface area contributed by atoms with Gasteiger partial charge in [0.15, 0.2) is 0 Å². The molecule has 5 rings (SSSR count). The fourth-order valence-corrected chi connectivity index (χ4v) is 6.78. The van der Waals surface area contributed by atoms with Gasteiger partial charge in [-0.1, -0.05) is 47.5 Å². The van der Waals surface area contributed by atoms with E-state index in [4.69, 9.17) is 27.9 Å². The molecule has 0 spiro atoms. The van der Waals surface area contributed by atoms with Gasteiger partial charge in [0.25, 0.3) is 5.91 Å². The minimum absolute atomic E-state index is 0.351. The summed E-state index contributed by atoms with van der Waals surface area (Å²) in [6, 6.07) is 16.5. The summed E-state index contributed by atoms with van der Waals surface area (Å²) in [5.74, 6) is 0.311. The molecule has 0 aliphatic rings. The zero-order valence-electron chi connectivity index (χ0n) is 23.3. The molecular weight excluding hydrogens is 579 g/mol. The smallest absolute Gasteiger partial charge is 0.278 e. The SMILES string of the molecule is Cc1cc(OCCCc2c(C(=O)N[SH](C)(=O)c3ccccc3)[nH]c3c(-c4cnn(C)c4)c(Cl)ccc23)cc(C)c1Cl. The van der Waals surface area contributed by atoms with E-state index in [9.17, 15) is 9.00 Å². The molecule has 5 aromatic rings. The lowest BCUT2D eigenvalue weighted by Gasteiger charge is -2.21. The summed E-state index contributed by atoms with van der Waals surface area (Å²) in [6.45, 7) is 4.34. The summed E-state index contributed by atoms with van der Waals surface area (Å²) in [6.07, 6.45) is 6.36. The minimum Gasteiger partial charge on any atom is -0.494 e. The largest absolute Gasteiger partial charge is 0.494 e. The van der Waals surface area contributed by atoms with Gasteiger partial charge < -0.3 is 9.72 Å². The predicted octanol–water partition coefficient (Wildman–Crippen LogP) is 6.85. The minimum atomic E-state index is -3.19. The molecule has 0 saturated heterocycles. The van der Waals surface area contributed by atoms with Crippen LogP contribution in [0, 0.1) is 13.8 Å². The van der Waals surface area contributed by atoms with Crippen LogP contribution in [0.3, 0.4) is 0 Å². The Kier molecular flexibility index (Phi) is 8.27. The van der Waals surface area contributed by atoms with Crippen molar-refractivity contribution in [1.29, 1.82) is 0 Å². The van der Waals surface area contributed by atoms with Crippen LogP contribution in [0.4, 0.5) is 0 Å². The number of aromatic nitrogens is 3. The number of hydrogen-bond acceptors (Lipinski definition) is 4. The number of benzene rings is 3. The molecule has 0 saturated carbocycles. The number of carbonyl (C=O) groups excluding carboxylic acids is 1. The Morgan fingerprint density at radius 1 is 1.10 bits per heavy atom. The molecule has 41 heavy (non-hydrogen) atoms. The molecule has 0 aliphatic carbocycles. The number of fused-ring (bicyclic) bond motifs is 1. The Morgan fingerprint density at radius 2 is 1.80 bits per heavy atom. The van der Waals surface area contributed by atoms with Crippen LogP contribution in [0.1, 0.15) is 33.6 Å². The number of amides is 1. The van der Waals surface area contributed by atoms with Gasteiger partial charge in [-0.3, -0.25) is 18.4 Å². The van der Waals surface area contributed by atoms with Crippen molar-refractivity contribution in [2.75, 3.05) is 12.9 Å². The van der Waals surface area contributed by atoms with E-state index in [-0.39, 0.29) is 0 Å². The summed E-state index contributed by atoms with van der Waals surface area (Å²) < 4.78 is 24.1. The fourth-order valence-electron chi connectivity index (χ4n) is 5.03. The number of carbonyl (C=O) groups is 1. The Morgan fingerprint density at radius 3 is 2.46 bits per heavy atom. The lowest BCUT2D eigenvalue weighted by Crippen LogP contribution is -2.36. The van der Waals surface area contributed by atoms with Gasteiger partial charge in [-0.2, -0.15) is 5.10 Å². The van der Waals surface area contributed by atoms with E-state index >= 15 is 0 Å². The van der Waals surface area contributed by atoms with Gasteiger partial charge in [0.2, 0.25) is 0 Å². The van der Waals surface area contributed by atoms with E-state index < -0.39 is 16.0 Å². The maximum absolute atomic E-state index is 13.7. The van der Waals surface area contributed by atoms with Crippen LogP contribution in [0.15, 0.2) is 71.9 Å². The standard InChI is InChI=1S/C31H32Cl2N4O3S/c1-19-15-22(16-20(2)28(19)33)40-14-8-11-24-25-12-13-26(32)27(21-17-34-37(3)18-21)29(25)35-30(24)31(38)36-41(4,39)23-9-6-5-7-10-23/h5-7,9-10,12-13,15-18,35,41H,8,11,14H2,1-4H3,(H,36,38,39). The lowest BCUT2D eigenvalue weighted by atomic mass is 10.0. The first-order chi connectivity index (χ1) is 19.5. The second-order valence-corrected chi connectivity index (χ2v) is 13.6. The third kappa shape index (κ3) is 6.05. The van der Waals surface area contributed by atoms with Crippen LogP contribution < -0.4 is 9.46 Å². The number of halogens is 2. The molecule has 2 heterocycles. The molecule has 0 bridgehead atoms. The van der Waals surface area contributed by atoms with Gasteiger partial charge >= 0.3 is 0 Å². The monoisotopic (exact) mass is 610 g/mol. The fraction of sp³-hybridized carbons (Fsp3) is 0.226. The molecule has 214 valence electrons. The maximum atomic E-state index is 13.7. The summed E-state index contributed by atoms with van der Waals surface area (Å²) >= 11 is 13.0. The third-order valence-electron chi connectivity index (χ3n) is 7.07. The molecule has 0 aliphatic heterocycles. The second-order valence-electron chi connectivity index (χ2n) is 10.2. The number of thiol groups is 1. The number of ether oxygens (including phenoxy) is 1. The van der Waals surface area contributed by atoms with E-state index in [1.807, 2.05) is 57.4 Å². The van der Waals surface area contributed by atoms with Gasteiger partial charge in [-0.15, -0.1) is 0 Å². The highest BCUT2D eigenvalue weighted by Crippen LogP contribution is 2.37. The highest BCUT2D eigenvalue weighted by atomic mass is 35.5. The highest BCUT2D eigenvalue weighted by Gasteiger charge is 2.24. The van der Waals surface area contributed by atoms with Gasteiger partial charge in [0.05, 0.1) is 23.3 Å². The number of H-pyrrole nitrogens is 1. The van der Waals surface area contributed by atoms with E-state index in [0.29, 0.717) is 35.1 Å². The van der Waals surface area contributed by atoms with Crippen molar-refractivity contribution in [2.45, 2.75) is 31.6 Å². The summed E-state index contributed by atoms with van der Waals surface area (Å²) in [7, 11) is -1.35. The Balaban J connectivity index is 1.49. The average molecular weight is 612 g/mol. The second kappa shape index (κ2) is 11.7. The Bertz CT molecular complexity index is 1770. The van der Waals surface area contributed by atoms with Crippen LogP contribution in [0.25, 0.3) is 22.0 Å². The number of aryl methyl sites for hydroxylation is 4. The molecule has 2 N–H and O–H groups in total. The zero-order valence-corrected chi connectivity index (χ0v) is 25.7. The molecule has 10 heteroatoms. The third-order valence-corrected chi connectivity index (χ3v) is 9.89. The first-order valence-electron chi connectivity index (χ1n) is 13.2. The zero-order chi connectivity index (χ0) is 29.3. The maximum Gasteiger partial charge on any atom is 0.278 e. The first kappa shape index (κ1) is 28.9. The van der Waals surface area contributed by atoms with Crippen LogP contribution in [-0.4, -0.2) is 37.7 Å². The number of nitrogens with one attached hydrogen (secondary N) is 2. The normalized spacial score (nSPS) is 12.0. The van der Waals surface area contributed by atoms with Crippen molar-refractivity contribution in [1.82, 2.24) is 19.5 Å². The van der Waals surface area contributed by atoms with Crippen molar-refractivity contribution >= 4 is 50.1 Å². The van der Waals surface area contributed by atoms with Crippen molar-refractivity contribution in [3.8, 4) is 16.9 Å². The molecule has 0 fully saturated rings. The number of aromatic amines is 1. The molecule has 3 aromatic carbocycles. The quantitative estimate of drug-likeness (QED) is 0.126. The van der Waals surface area contributed by atoms with Crippen molar-refractivity contribution in [3.63, 3.8) is 0 Å². The highest BCUT2D eigenvalue weighted by molar-refractivity contribution is 8.01. The molecule has 2 aromatic heterocycles. The van der Waals surface area contributed by atoms with Crippen molar-refractivity contribution < 1.29 is 13.7 Å². The number of hydrogen-bond donors (Lipinski definition) is 3. The molecular formula is C31H32Cl2N4O3S. The molecule has 0 radical (unpaired) electrons. The lowest BCUT2D eigenvalue weighted by molar-refractivity contribution is 0.0977.